The summed E-state index contributed by atoms with van der Waals surface area (Å²) in [5.41, 5.74) is 6.55. The van der Waals surface area contributed by atoms with E-state index in [1.165, 1.54) is 36.0 Å². The van der Waals surface area contributed by atoms with E-state index in [-0.39, 0.29) is 5.84 Å². The van der Waals surface area contributed by atoms with Gasteiger partial charge in [0, 0.05) is 15.7 Å². The molecule has 110 valence electrons. The standard InChI is InChI=1S/C18H22N2S/c1-12-5-4-6-13(11-12)21-17-10-9-16(18(19)20)14-7-2-3-8-15(14)17/h2-3,7-10,12-13H,4-6,11H2,1H3,(H3,19,20). The lowest BCUT2D eigenvalue weighted by Gasteiger charge is -2.26. The van der Waals surface area contributed by atoms with Crippen LogP contribution in [-0.4, -0.2) is 11.1 Å². The maximum Gasteiger partial charge on any atom is 0.123 e. The van der Waals surface area contributed by atoms with Gasteiger partial charge in [0.25, 0.3) is 0 Å². The molecule has 3 N–H and O–H groups in total. The van der Waals surface area contributed by atoms with E-state index in [1.807, 2.05) is 23.9 Å². The quantitative estimate of drug-likeness (QED) is 0.632. The fraction of sp³-hybridized carbons (Fsp3) is 0.389. The van der Waals surface area contributed by atoms with Crippen molar-refractivity contribution < 1.29 is 0 Å². The van der Waals surface area contributed by atoms with Crippen molar-refractivity contribution in [2.45, 2.75) is 42.8 Å². The number of hydrogen-bond donors (Lipinski definition) is 2. The van der Waals surface area contributed by atoms with Crippen LogP contribution in [0.2, 0.25) is 0 Å². The molecule has 2 aromatic rings. The van der Waals surface area contributed by atoms with Crippen LogP contribution in [0.15, 0.2) is 41.3 Å². The van der Waals surface area contributed by atoms with E-state index < -0.39 is 0 Å². The summed E-state index contributed by atoms with van der Waals surface area (Å²) < 4.78 is 0. The molecule has 1 saturated carbocycles. The molecule has 2 unspecified atom stereocenters. The van der Waals surface area contributed by atoms with Gasteiger partial charge in [-0.05, 0) is 41.7 Å². The number of nitrogens with one attached hydrogen (secondary N) is 1. The molecule has 1 aliphatic rings. The van der Waals surface area contributed by atoms with Crippen molar-refractivity contribution in [1.82, 2.24) is 0 Å². The maximum absolute atomic E-state index is 7.74. The number of fused-ring (bicyclic) bond motifs is 1. The molecule has 0 bridgehead atoms. The smallest absolute Gasteiger partial charge is 0.123 e. The Kier molecular flexibility index (Phi) is 4.20. The SMILES string of the molecule is CC1CCCC(Sc2ccc(C(=N)N)c3ccccc23)C1. The Morgan fingerprint density at radius 3 is 2.62 bits per heavy atom. The molecule has 1 aliphatic carbocycles. The van der Waals surface area contributed by atoms with Crippen LogP contribution in [0, 0.1) is 11.3 Å². The number of thioether (sulfide) groups is 1. The van der Waals surface area contributed by atoms with Crippen molar-refractivity contribution in [2.24, 2.45) is 11.7 Å². The summed E-state index contributed by atoms with van der Waals surface area (Å²) in [4.78, 5) is 1.33. The third kappa shape index (κ3) is 3.08. The van der Waals surface area contributed by atoms with Gasteiger partial charge in [-0.1, -0.05) is 44.0 Å². The molecule has 0 heterocycles. The summed E-state index contributed by atoms with van der Waals surface area (Å²) in [6.07, 6.45) is 5.36. The topological polar surface area (TPSA) is 49.9 Å². The molecule has 0 spiro atoms. The van der Waals surface area contributed by atoms with E-state index in [0.717, 1.165) is 22.1 Å². The second kappa shape index (κ2) is 6.10. The maximum atomic E-state index is 7.74. The predicted octanol–water partition coefficient (Wildman–Crippen LogP) is 4.79. The first-order valence-electron chi connectivity index (χ1n) is 7.68. The minimum Gasteiger partial charge on any atom is -0.384 e. The fourth-order valence-electron chi connectivity index (χ4n) is 3.27. The molecule has 3 rings (SSSR count). The van der Waals surface area contributed by atoms with Crippen molar-refractivity contribution in [3.8, 4) is 0 Å². The summed E-state index contributed by atoms with van der Waals surface area (Å²) in [7, 11) is 0. The molecule has 2 aromatic carbocycles. The molecule has 0 aliphatic heterocycles. The molecular weight excluding hydrogens is 276 g/mol. The van der Waals surface area contributed by atoms with Gasteiger partial charge in [0.1, 0.15) is 5.84 Å². The average Bonchev–Trinajstić information content (AvgIpc) is 2.47. The molecular formula is C18H22N2S. The Morgan fingerprint density at radius 1 is 1.14 bits per heavy atom. The van der Waals surface area contributed by atoms with E-state index in [2.05, 4.69) is 31.2 Å². The number of benzene rings is 2. The number of nitrogen functional groups attached to an aromatic ring is 1. The van der Waals surface area contributed by atoms with Crippen LogP contribution in [0.4, 0.5) is 0 Å². The van der Waals surface area contributed by atoms with Gasteiger partial charge in [-0.25, -0.2) is 0 Å². The van der Waals surface area contributed by atoms with Crippen molar-refractivity contribution in [1.29, 1.82) is 5.41 Å². The van der Waals surface area contributed by atoms with Gasteiger partial charge in [0.05, 0.1) is 0 Å². The highest BCUT2D eigenvalue weighted by atomic mass is 32.2. The minimum atomic E-state index is 0.147. The van der Waals surface area contributed by atoms with Gasteiger partial charge in [0.2, 0.25) is 0 Å². The average molecular weight is 298 g/mol. The van der Waals surface area contributed by atoms with E-state index in [4.69, 9.17) is 11.1 Å². The van der Waals surface area contributed by atoms with E-state index in [9.17, 15) is 0 Å². The molecule has 1 fully saturated rings. The van der Waals surface area contributed by atoms with Crippen LogP contribution in [0.25, 0.3) is 10.8 Å². The summed E-state index contributed by atoms with van der Waals surface area (Å²) in [6.45, 7) is 2.36. The summed E-state index contributed by atoms with van der Waals surface area (Å²) in [5.74, 6) is 0.994. The van der Waals surface area contributed by atoms with E-state index in [1.54, 1.807) is 0 Å². The zero-order valence-electron chi connectivity index (χ0n) is 12.4. The van der Waals surface area contributed by atoms with Crippen molar-refractivity contribution in [2.75, 3.05) is 0 Å². The minimum absolute atomic E-state index is 0.147. The summed E-state index contributed by atoms with van der Waals surface area (Å²) in [5, 5.41) is 10.8. The lowest BCUT2D eigenvalue weighted by Crippen LogP contribution is -2.15. The summed E-state index contributed by atoms with van der Waals surface area (Å²) in [6, 6.07) is 12.4. The second-order valence-corrected chi connectivity index (χ2v) is 7.42. The lowest BCUT2D eigenvalue weighted by atomic mass is 9.91. The molecule has 0 amide bonds. The zero-order valence-corrected chi connectivity index (χ0v) is 13.2. The molecule has 0 radical (unpaired) electrons. The highest BCUT2D eigenvalue weighted by Gasteiger charge is 2.20. The first kappa shape index (κ1) is 14.5. The Balaban J connectivity index is 1.96. The van der Waals surface area contributed by atoms with Crippen LogP contribution in [0.3, 0.4) is 0 Å². The van der Waals surface area contributed by atoms with Crippen LogP contribution in [-0.2, 0) is 0 Å². The van der Waals surface area contributed by atoms with E-state index >= 15 is 0 Å². The zero-order chi connectivity index (χ0) is 14.8. The molecule has 0 aromatic heterocycles. The normalized spacial score (nSPS) is 22.3. The number of hydrogen-bond acceptors (Lipinski definition) is 2. The highest BCUT2D eigenvalue weighted by molar-refractivity contribution is 8.00. The van der Waals surface area contributed by atoms with Crippen molar-refractivity contribution >= 4 is 28.4 Å². The third-order valence-electron chi connectivity index (χ3n) is 4.36. The Labute approximate surface area is 130 Å². The molecule has 2 atom stereocenters. The summed E-state index contributed by atoms with van der Waals surface area (Å²) >= 11 is 2.01. The fourth-order valence-corrected chi connectivity index (χ4v) is 4.79. The molecule has 0 saturated heterocycles. The molecule has 2 nitrogen and oxygen atoms in total. The van der Waals surface area contributed by atoms with Crippen LogP contribution in [0.5, 0.6) is 0 Å². The number of amidine groups is 1. The van der Waals surface area contributed by atoms with Crippen LogP contribution in [0.1, 0.15) is 38.2 Å². The van der Waals surface area contributed by atoms with Gasteiger partial charge >= 0.3 is 0 Å². The van der Waals surface area contributed by atoms with Gasteiger partial charge in [-0.3, -0.25) is 5.41 Å². The van der Waals surface area contributed by atoms with Crippen molar-refractivity contribution in [3.05, 3.63) is 42.0 Å². The lowest BCUT2D eigenvalue weighted by molar-refractivity contribution is 0.394. The first-order chi connectivity index (χ1) is 10.1. The third-order valence-corrected chi connectivity index (χ3v) is 5.73. The van der Waals surface area contributed by atoms with Crippen molar-refractivity contribution in [3.63, 3.8) is 0 Å². The Bertz CT molecular complexity index is 665. The van der Waals surface area contributed by atoms with Crippen LogP contribution < -0.4 is 5.73 Å². The highest BCUT2D eigenvalue weighted by Crippen LogP contribution is 2.39. The molecule has 3 heteroatoms. The largest absolute Gasteiger partial charge is 0.384 e. The van der Waals surface area contributed by atoms with Gasteiger partial charge < -0.3 is 5.73 Å². The number of rotatable bonds is 3. The van der Waals surface area contributed by atoms with Crippen LogP contribution >= 0.6 is 11.8 Å². The predicted molar refractivity (Wildman–Crippen MR) is 92.2 cm³/mol. The van der Waals surface area contributed by atoms with Gasteiger partial charge in [-0.15, -0.1) is 11.8 Å². The Hall–Kier alpha value is -1.48. The van der Waals surface area contributed by atoms with Gasteiger partial charge in [-0.2, -0.15) is 0 Å². The Morgan fingerprint density at radius 2 is 1.90 bits per heavy atom. The first-order valence-corrected chi connectivity index (χ1v) is 8.56. The van der Waals surface area contributed by atoms with Gasteiger partial charge in [0.15, 0.2) is 0 Å². The van der Waals surface area contributed by atoms with E-state index in [0.29, 0.717) is 0 Å². The second-order valence-electron chi connectivity index (χ2n) is 6.08. The molecule has 21 heavy (non-hydrogen) atoms. The monoisotopic (exact) mass is 298 g/mol. The number of nitrogens with two attached hydrogens (primary N) is 1.